The van der Waals surface area contributed by atoms with Crippen LogP contribution in [-0.2, 0) is 20.7 Å². The number of fused-ring (bicyclic) bond motifs is 2. The summed E-state index contributed by atoms with van der Waals surface area (Å²) in [6.45, 7) is 0. The van der Waals surface area contributed by atoms with E-state index >= 15 is 0 Å². The predicted molar refractivity (Wildman–Crippen MR) is 91.4 cm³/mol. The number of methoxy groups -OCH3 is 1. The number of piperidine rings is 1. The van der Waals surface area contributed by atoms with Crippen LogP contribution >= 0.6 is 0 Å². The minimum absolute atomic E-state index is 0.0485. The van der Waals surface area contributed by atoms with E-state index in [2.05, 4.69) is 10.6 Å². The van der Waals surface area contributed by atoms with Gasteiger partial charge >= 0.3 is 5.97 Å². The van der Waals surface area contributed by atoms with Gasteiger partial charge in [-0.1, -0.05) is 30.3 Å². The first-order valence-electron chi connectivity index (χ1n) is 8.81. The molecule has 24 heavy (non-hydrogen) atoms. The van der Waals surface area contributed by atoms with E-state index in [-0.39, 0.29) is 5.91 Å². The SMILES string of the molecule is COC(=O)C(Cc1ccccc1)NC(=O)CC1CC2CCC(C1)N2. The fourth-order valence-electron chi connectivity index (χ4n) is 4.04. The number of benzene rings is 1. The number of hydrogen-bond acceptors (Lipinski definition) is 4. The van der Waals surface area contributed by atoms with Gasteiger partial charge in [0.15, 0.2) is 0 Å². The summed E-state index contributed by atoms with van der Waals surface area (Å²) in [4.78, 5) is 24.4. The molecular formula is C19H26N2O3. The topological polar surface area (TPSA) is 67.4 Å². The lowest BCUT2D eigenvalue weighted by Gasteiger charge is -2.29. The lowest BCUT2D eigenvalue weighted by molar-refractivity contribution is -0.145. The Kier molecular flexibility index (Phi) is 5.51. The maximum atomic E-state index is 12.4. The van der Waals surface area contributed by atoms with E-state index in [0.29, 0.717) is 30.8 Å². The molecule has 0 aromatic heterocycles. The second-order valence-electron chi connectivity index (χ2n) is 7.01. The van der Waals surface area contributed by atoms with Crippen molar-refractivity contribution >= 4 is 11.9 Å². The Morgan fingerprint density at radius 3 is 2.50 bits per heavy atom. The summed E-state index contributed by atoms with van der Waals surface area (Å²) in [5.74, 6) is -0.0241. The third-order valence-corrected chi connectivity index (χ3v) is 5.15. The smallest absolute Gasteiger partial charge is 0.328 e. The van der Waals surface area contributed by atoms with Gasteiger partial charge in [-0.15, -0.1) is 0 Å². The van der Waals surface area contributed by atoms with Crippen molar-refractivity contribution in [1.82, 2.24) is 10.6 Å². The molecule has 5 nitrogen and oxygen atoms in total. The van der Waals surface area contributed by atoms with Gasteiger partial charge in [-0.25, -0.2) is 4.79 Å². The highest BCUT2D eigenvalue weighted by Gasteiger charge is 2.34. The molecule has 3 unspecified atom stereocenters. The summed E-state index contributed by atoms with van der Waals surface area (Å²) in [5.41, 5.74) is 1.01. The fraction of sp³-hybridized carbons (Fsp3) is 0.579. The van der Waals surface area contributed by atoms with Crippen molar-refractivity contribution in [2.24, 2.45) is 5.92 Å². The Labute approximate surface area is 143 Å². The molecule has 2 saturated heterocycles. The Bertz CT molecular complexity index is 563. The number of rotatable bonds is 6. The monoisotopic (exact) mass is 330 g/mol. The molecule has 3 rings (SSSR count). The van der Waals surface area contributed by atoms with Gasteiger partial charge in [0.25, 0.3) is 0 Å². The van der Waals surface area contributed by atoms with Gasteiger partial charge < -0.3 is 15.4 Å². The van der Waals surface area contributed by atoms with Gasteiger partial charge in [0.2, 0.25) is 5.91 Å². The van der Waals surface area contributed by atoms with Gasteiger partial charge in [-0.3, -0.25) is 4.79 Å². The maximum absolute atomic E-state index is 12.4. The van der Waals surface area contributed by atoms with E-state index in [4.69, 9.17) is 4.74 Å². The van der Waals surface area contributed by atoms with Crippen LogP contribution in [0, 0.1) is 5.92 Å². The molecular weight excluding hydrogens is 304 g/mol. The van der Waals surface area contributed by atoms with Crippen molar-refractivity contribution in [2.75, 3.05) is 7.11 Å². The van der Waals surface area contributed by atoms with Crippen LogP contribution in [0.2, 0.25) is 0 Å². The highest BCUT2D eigenvalue weighted by molar-refractivity contribution is 5.84. The molecule has 2 aliphatic rings. The van der Waals surface area contributed by atoms with Gasteiger partial charge in [0, 0.05) is 24.9 Å². The Hall–Kier alpha value is -1.88. The van der Waals surface area contributed by atoms with Crippen LogP contribution in [0.5, 0.6) is 0 Å². The van der Waals surface area contributed by atoms with Crippen molar-refractivity contribution in [1.29, 1.82) is 0 Å². The number of carbonyl (C=O) groups excluding carboxylic acids is 2. The third kappa shape index (κ3) is 4.35. The van der Waals surface area contributed by atoms with Gasteiger partial charge in [0.05, 0.1) is 7.11 Å². The highest BCUT2D eigenvalue weighted by atomic mass is 16.5. The number of ether oxygens (including phenoxy) is 1. The maximum Gasteiger partial charge on any atom is 0.328 e. The zero-order chi connectivity index (χ0) is 16.9. The summed E-state index contributed by atoms with van der Waals surface area (Å²) in [7, 11) is 1.36. The zero-order valence-corrected chi connectivity index (χ0v) is 14.2. The van der Waals surface area contributed by atoms with E-state index in [1.54, 1.807) is 0 Å². The molecule has 0 spiro atoms. The van der Waals surface area contributed by atoms with Crippen molar-refractivity contribution in [3.05, 3.63) is 35.9 Å². The number of nitrogens with one attached hydrogen (secondary N) is 2. The molecule has 2 fully saturated rings. The molecule has 3 atom stereocenters. The minimum atomic E-state index is -0.622. The Morgan fingerprint density at radius 2 is 1.88 bits per heavy atom. The van der Waals surface area contributed by atoms with Crippen LogP contribution in [0.3, 0.4) is 0 Å². The fourth-order valence-corrected chi connectivity index (χ4v) is 4.04. The minimum Gasteiger partial charge on any atom is -0.467 e. The first kappa shape index (κ1) is 17.0. The lowest BCUT2D eigenvalue weighted by atomic mass is 9.89. The quantitative estimate of drug-likeness (QED) is 0.781. The van der Waals surface area contributed by atoms with Crippen LogP contribution in [0.15, 0.2) is 30.3 Å². The molecule has 130 valence electrons. The molecule has 1 aromatic rings. The Balaban J connectivity index is 1.55. The van der Waals surface area contributed by atoms with Crippen LogP contribution in [0.4, 0.5) is 0 Å². The van der Waals surface area contributed by atoms with E-state index < -0.39 is 12.0 Å². The van der Waals surface area contributed by atoms with Crippen molar-refractivity contribution in [3.63, 3.8) is 0 Å². The summed E-state index contributed by atoms with van der Waals surface area (Å²) < 4.78 is 4.86. The average molecular weight is 330 g/mol. The largest absolute Gasteiger partial charge is 0.467 e. The lowest BCUT2D eigenvalue weighted by Crippen LogP contribution is -2.45. The molecule has 1 aromatic carbocycles. The summed E-state index contributed by atoms with van der Waals surface area (Å²) in [6, 6.07) is 10.2. The summed E-state index contributed by atoms with van der Waals surface area (Å²) >= 11 is 0. The molecule has 5 heteroatoms. The van der Waals surface area contributed by atoms with Crippen molar-refractivity contribution in [2.45, 2.75) is 56.7 Å². The van der Waals surface area contributed by atoms with E-state index in [1.807, 2.05) is 30.3 Å². The van der Waals surface area contributed by atoms with Crippen LogP contribution in [0.25, 0.3) is 0 Å². The van der Waals surface area contributed by atoms with Crippen molar-refractivity contribution < 1.29 is 14.3 Å². The third-order valence-electron chi connectivity index (χ3n) is 5.15. The van der Waals surface area contributed by atoms with E-state index in [1.165, 1.54) is 20.0 Å². The molecule has 2 heterocycles. The predicted octanol–water partition coefficient (Wildman–Crippen LogP) is 1.81. The second kappa shape index (κ2) is 7.79. The van der Waals surface area contributed by atoms with Gasteiger partial charge in [-0.05, 0) is 37.2 Å². The van der Waals surface area contributed by atoms with E-state index in [0.717, 1.165) is 18.4 Å². The number of esters is 1. The summed E-state index contributed by atoms with van der Waals surface area (Å²) in [6.07, 6.45) is 5.52. The molecule has 0 radical (unpaired) electrons. The van der Waals surface area contributed by atoms with Crippen LogP contribution in [-0.4, -0.2) is 37.1 Å². The van der Waals surface area contributed by atoms with Crippen LogP contribution < -0.4 is 10.6 Å². The molecule has 2 N–H and O–H groups in total. The van der Waals surface area contributed by atoms with Crippen LogP contribution in [0.1, 0.15) is 37.7 Å². The van der Waals surface area contributed by atoms with Gasteiger partial charge in [0.1, 0.15) is 6.04 Å². The van der Waals surface area contributed by atoms with E-state index in [9.17, 15) is 9.59 Å². The average Bonchev–Trinajstić information content (AvgIpc) is 2.93. The molecule has 0 saturated carbocycles. The highest BCUT2D eigenvalue weighted by Crippen LogP contribution is 2.32. The number of amides is 1. The molecule has 0 aliphatic carbocycles. The zero-order valence-electron chi connectivity index (χ0n) is 14.2. The standard InChI is InChI=1S/C19H26N2O3/c1-24-19(23)17(11-13-5-3-2-4-6-13)21-18(22)12-14-9-15-7-8-16(10-14)20-15/h2-6,14-17,20H,7-12H2,1H3,(H,21,22). The van der Waals surface area contributed by atoms with Crippen molar-refractivity contribution in [3.8, 4) is 0 Å². The first-order valence-corrected chi connectivity index (χ1v) is 8.81. The first-order chi connectivity index (χ1) is 11.6. The normalized spacial score (nSPS) is 26.6. The van der Waals surface area contributed by atoms with Gasteiger partial charge in [-0.2, -0.15) is 0 Å². The number of hydrogen-bond donors (Lipinski definition) is 2. The Morgan fingerprint density at radius 1 is 1.21 bits per heavy atom. The molecule has 2 aliphatic heterocycles. The summed E-state index contributed by atoms with van der Waals surface area (Å²) in [5, 5.41) is 6.47. The molecule has 2 bridgehead atoms. The molecule has 1 amide bonds. The number of carbonyl (C=O) groups is 2. The second-order valence-corrected chi connectivity index (χ2v) is 7.01.